The van der Waals surface area contributed by atoms with E-state index in [1.807, 2.05) is 0 Å². The molecule has 1 aliphatic carbocycles. The standard InChI is InChI=1S/C9H8N4O/c14-9-7-1-6(7)8(12-13-9)5-2-10-4-11-3-5/h2-4,6-7H,1H2,(H,13,14). The number of amides is 1. The summed E-state index contributed by atoms with van der Waals surface area (Å²) < 4.78 is 0. The van der Waals surface area contributed by atoms with E-state index in [-0.39, 0.29) is 17.7 Å². The summed E-state index contributed by atoms with van der Waals surface area (Å²) in [4.78, 5) is 19.0. The zero-order valence-electron chi connectivity index (χ0n) is 7.34. The molecule has 0 saturated heterocycles. The molecule has 0 aromatic carbocycles. The number of nitrogens with zero attached hydrogens (tertiary/aromatic N) is 3. The fourth-order valence-electron chi connectivity index (χ4n) is 1.78. The lowest BCUT2D eigenvalue weighted by molar-refractivity contribution is -0.122. The average molecular weight is 188 g/mol. The first-order chi connectivity index (χ1) is 6.86. The van der Waals surface area contributed by atoms with Crippen LogP contribution in [0.1, 0.15) is 12.0 Å². The van der Waals surface area contributed by atoms with Gasteiger partial charge in [-0.2, -0.15) is 5.10 Å². The van der Waals surface area contributed by atoms with E-state index in [0.29, 0.717) is 0 Å². The van der Waals surface area contributed by atoms with Gasteiger partial charge in [0.2, 0.25) is 5.91 Å². The van der Waals surface area contributed by atoms with Crippen molar-refractivity contribution in [2.45, 2.75) is 6.42 Å². The van der Waals surface area contributed by atoms with Crippen LogP contribution >= 0.6 is 0 Å². The maximum atomic E-state index is 11.2. The monoisotopic (exact) mass is 188 g/mol. The smallest absolute Gasteiger partial charge is 0.243 e. The molecule has 14 heavy (non-hydrogen) atoms. The Bertz CT molecular complexity index is 414. The largest absolute Gasteiger partial charge is 0.273 e. The van der Waals surface area contributed by atoms with Gasteiger partial charge >= 0.3 is 0 Å². The number of aromatic nitrogens is 2. The van der Waals surface area contributed by atoms with Crippen LogP contribution in [-0.2, 0) is 4.79 Å². The van der Waals surface area contributed by atoms with Gasteiger partial charge in [0.15, 0.2) is 0 Å². The molecule has 0 bridgehead atoms. The quantitative estimate of drug-likeness (QED) is 0.671. The Labute approximate surface area is 80.3 Å². The third-order valence-corrected chi connectivity index (χ3v) is 2.62. The van der Waals surface area contributed by atoms with E-state index >= 15 is 0 Å². The van der Waals surface area contributed by atoms with E-state index in [9.17, 15) is 4.79 Å². The van der Waals surface area contributed by atoms with Crippen molar-refractivity contribution < 1.29 is 4.79 Å². The summed E-state index contributed by atoms with van der Waals surface area (Å²) >= 11 is 0. The minimum atomic E-state index is 0.0376. The van der Waals surface area contributed by atoms with Crippen LogP contribution in [0.5, 0.6) is 0 Å². The van der Waals surface area contributed by atoms with Gasteiger partial charge in [-0.05, 0) is 6.42 Å². The van der Waals surface area contributed by atoms with E-state index in [4.69, 9.17) is 0 Å². The van der Waals surface area contributed by atoms with Crippen molar-refractivity contribution in [1.29, 1.82) is 0 Å². The molecule has 1 N–H and O–H groups in total. The molecule has 1 fully saturated rings. The third-order valence-electron chi connectivity index (χ3n) is 2.62. The van der Waals surface area contributed by atoms with Crippen molar-refractivity contribution in [2.75, 3.05) is 0 Å². The molecule has 5 nitrogen and oxygen atoms in total. The van der Waals surface area contributed by atoms with Crippen molar-refractivity contribution in [1.82, 2.24) is 15.4 Å². The molecule has 2 aliphatic rings. The Morgan fingerprint density at radius 2 is 2.07 bits per heavy atom. The van der Waals surface area contributed by atoms with Gasteiger partial charge in [0.1, 0.15) is 6.33 Å². The van der Waals surface area contributed by atoms with Crippen LogP contribution in [0, 0.1) is 11.8 Å². The summed E-state index contributed by atoms with van der Waals surface area (Å²) in [7, 11) is 0. The summed E-state index contributed by atoms with van der Waals surface area (Å²) in [6.45, 7) is 0. The summed E-state index contributed by atoms with van der Waals surface area (Å²) in [5, 5.41) is 4.04. The van der Waals surface area contributed by atoms with E-state index in [1.54, 1.807) is 12.4 Å². The topological polar surface area (TPSA) is 67.2 Å². The van der Waals surface area contributed by atoms with E-state index < -0.39 is 0 Å². The molecule has 70 valence electrons. The Morgan fingerprint density at radius 1 is 1.29 bits per heavy atom. The molecule has 1 aromatic rings. The second-order valence-corrected chi connectivity index (χ2v) is 3.55. The highest BCUT2D eigenvalue weighted by molar-refractivity contribution is 6.09. The van der Waals surface area contributed by atoms with Crippen LogP contribution in [0.25, 0.3) is 0 Å². The number of nitrogens with one attached hydrogen (secondary N) is 1. The number of rotatable bonds is 1. The molecule has 0 spiro atoms. The van der Waals surface area contributed by atoms with Gasteiger partial charge < -0.3 is 0 Å². The second kappa shape index (κ2) is 2.60. The van der Waals surface area contributed by atoms with Gasteiger partial charge in [-0.3, -0.25) is 4.79 Å². The molecule has 0 radical (unpaired) electrons. The minimum absolute atomic E-state index is 0.0376. The number of carbonyl (C=O) groups is 1. The zero-order chi connectivity index (χ0) is 9.54. The molecule has 3 rings (SSSR count). The third kappa shape index (κ3) is 1.02. The summed E-state index contributed by atoms with van der Waals surface area (Å²) in [5.74, 6) is 0.452. The highest BCUT2D eigenvalue weighted by Gasteiger charge is 2.49. The highest BCUT2D eigenvalue weighted by atomic mass is 16.2. The van der Waals surface area contributed by atoms with E-state index in [1.165, 1.54) is 6.33 Å². The van der Waals surface area contributed by atoms with Crippen molar-refractivity contribution in [2.24, 2.45) is 16.9 Å². The Morgan fingerprint density at radius 3 is 2.86 bits per heavy atom. The lowest BCUT2D eigenvalue weighted by Gasteiger charge is -2.10. The number of hydrazone groups is 1. The van der Waals surface area contributed by atoms with Crippen LogP contribution in [0.3, 0.4) is 0 Å². The molecule has 5 heteroatoms. The van der Waals surface area contributed by atoms with Crippen molar-refractivity contribution in [3.8, 4) is 0 Å². The molecule has 1 amide bonds. The van der Waals surface area contributed by atoms with Crippen LogP contribution in [0.4, 0.5) is 0 Å². The van der Waals surface area contributed by atoms with Crippen molar-refractivity contribution in [3.63, 3.8) is 0 Å². The van der Waals surface area contributed by atoms with Crippen LogP contribution in [-0.4, -0.2) is 21.6 Å². The predicted molar refractivity (Wildman–Crippen MR) is 48.3 cm³/mol. The molecule has 2 unspecified atom stereocenters. The highest BCUT2D eigenvalue weighted by Crippen LogP contribution is 2.43. The lowest BCUT2D eigenvalue weighted by atomic mass is 10.1. The normalized spacial score (nSPS) is 28.9. The summed E-state index contributed by atoms with van der Waals surface area (Å²) in [6, 6.07) is 0. The summed E-state index contributed by atoms with van der Waals surface area (Å²) in [5.41, 5.74) is 4.33. The first-order valence-corrected chi connectivity index (χ1v) is 4.49. The first-order valence-electron chi connectivity index (χ1n) is 4.49. The van der Waals surface area contributed by atoms with Crippen LogP contribution < -0.4 is 5.43 Å². The lowest BCUT2D eigenvalue weighted by Crippen LogP contribution is -2.28. The molecular formula is C9H8N4O. The minimum Gasteiger partial charge on any atom is -0.273 e. The SMILES string of the molecule is O=C1NN=C(c2cncnc2)C2CC12. The predicted octanol–water partition coefficient (Wildman–Crippen LogP) is -0.0534. The summed E-state index contributed by atoms with van der Waals surface area (Å²) in [6.07, 6.45) is 5.83. The molecule has 2 heterocycles. The zero-order valence-corrected chi connectivity index (χ0v) is 7.34. The fourth-order valence-corrected chi connectivity index (χ4v) is 1.78. The Balaban J connectivity index is 1.97. The van der Waals surface area contributed by atoms with Gasteiger partial charge in [-0.25, -0.2) is 15.4 Å². The maximum absolute atomic E-state index is 11.2. The second-order valence-electron chi connectivity index (χ2n) is 3.55. The number of carbonyl (C=O) groups excluding carboxylic acids is 1. The van der Waals surface area contributed by atoms with Gasteiger partial charge in [0, 0.05) is 29.8 Å². The molecular weight excluding hydrogens is 180 g/mol. The average Bonchev–Trinajstić information content (AvgIpc) is 3.00. The van der Waals surface area contributed by atoms with Crippen LogP contribution in [0.15, 0.2) is 23.8 Å². The molecule has 1 aromatic heterocycles. The molecule has 1 saturated carbocycles. The van der Waals surface area contributed by atoms with Gasteiger partial charge in [-0.1, -0.05) is 0 Å². The molecule has 1 aliphatic heterocycles. The van der Waals surface area contributed by atoms with Gasteiger partial charge in [-0.15, -0.1) is 0 Å². The van der Waals surface area contributed by atoms with E-state index in [2.05, 4.69) is 20.5 Å². The van der Waals surface area contributed by atoms with Crippen LogP contribution in [0.2, 0.25) is 0 Å². The fraction of sp³-hybridized carbons (Fsp3) is 0.333. The van der Waals surface area contributed by atoms with Gasteiger partial charge in [0.25, 0.3) is 0 Å². The molecule has 2 atom stereocenters. The Kier molecular flexibility index (Phi) is 1.41. The van der Waals surface area contributed by atoms with E-state index in [0.717, 1.165) is 17.7 Å². The van der Waals surface area contributed by atoms with Crippen molar-refractivity contribution >= 4 is 11.6 Å². The maximum Gasteiger partial charge on any atom is 0.243 e. The number of hydrogen-bond donors (Lipinski definition) is 1. The number of hydrogen-bond acceptors (Lipinski definition) is 4. The Hall–Kier alpha value is -1.78. The number of fused-ring (bicyclic) bond motifs is 1. The van der Waals surface area contributed by atoms with Crippen molar-refractivity contribution in [3.05, 3.63) is 24.3 Å². The van der Waals surface area contributed by atoms with Gasteiger partial charge in [0.05, 0.1) is 5.71 Å². The first kappa shape index (κ1) is 7.61.